The predicted octanol–water partition coefficient (Wildman–Crippen LogP) is 4.37. The molecule has 0 radical (unpaired) electrons. The zero-order chi connectivity index (χ0) is 11.6. The Hall–Kier alpha value is -0.0831. The molecule has 0 atom stereocenters. The standard InChI is InChI=1S/C12H18Cl2Si/c1-3-5-7-9-11-15(13,14)12-10-8-6-4-2/h3-8H2,1-2H3. The van der Waals surface area contributed by atoms with Crippen molar-refractivity contribution in [2.24, 2.45) is 0 Å². The van der Waals surface area contributed by atoms with Crippen LogP contribution in [0.15, 0.2) is 0 Å². The highest BCUT2D eigenvalue weighted by molar-refractivity contribution is 7.52. The molecule has 0 saturated heterocycles. The minimum atomic E-state index is -2.58. The summed E-state index contributed by atoms with van der Waals surface area (Å²) < 4.78 is 0. The van der Waals surface area contributed by atoms with Crippen molar-refractivity contribution in [3.8, 4) is 22.9 Å². The molecule has 0 rings (SSSR count). The van der Waals surface area contributed by atoms with Crippen LogP contribution in [-0.2, 0) is 0 Å². The maximum Gasteiger partial charge on any atom is 0.404 e. The van der Waals surface area contributed by atoms with Crippen molar-refractivity contribution in [1.82, 2.24) is 0 Å². The number of hydrogen-bond acceptors (Lipinski definition) is 0. The van der Waals surface area contributed by atoms with Gasteiger partial charge in [0.1, 0.15) is 0 Å². The largest absolute Gasteiger partial charge is 0.404 e. The Labute approximate surface area is 104 Å². The van der Waals surface area contributed by atoms with Crippen molar-refractivity contribution < 1.29 is 0 Å². The Morgan fingerprint density at radius 1 is 0.867 bits per heavy atom. The molecular weight excluding hydrogens is 243 g/mol. The third kappa shape index (κ3) is 10.2. The molecule has 0 bridgehead atoms. The highest BCUT2D eigenvalue weighted by Crippen LogP contribution is 2.12. The number of rotatable bonds is 4. The molecule has 0 saturated carbocycles. The van der Waals surface area contributed by atoms with Gasteiger partial charge in [-0.3, -0.25) is 0 Å². The van der Waals surface area contributed by atoms with Gasteiger partial charge in [0.05, 0.1) is 0 Å². The van der Waals surface area contributed by atoms with Gasteiger partial charge in [-0.05, 0) is 12.8 Å². The Morgan fingerprint density at radius 3 is 1.60 bits per heavy atom. The van der Waals surface area contributed by atoms with E-state index >= 15 is 0 Å². The van der Waals surface area contributed by atoms with Gasteiger partial charge in [0.15, 0.2) is 0 Å². The summed E-state index contributed by atoms with van der Waals surface area (Å²) in [4.78, 5) is 0. The predicted molar refractivity (Wildman–Crippen MR) is 72.1 cm³/mol. The quantitative estimate of drug-likeness (QED) is 0.305. The van der Waals surface area contributed by atoms with Crippen molar-refractivity contribution in [2.45, 2.75) is 52.4 Å². The number of unbranched alkanes of at least 4 members (excludes halogenated alkanes) is 4. The molecule has 15 heavy (non-hydrogen) atoms. The molecule has 0 aromatic carbocycles. The van der Waals surface area contributed by atoms with Crippen LogP contribution in [0.25, 0.3) is 0 Å². The van der Waals surface area contributed by atoms with E-state index in [9.17, 15) is 0 Å². The average molecular weight is 261 g/mol. The van der Waals surface area contributed by atoms with Gasteiger partial charge < -0.3 is 0 Å². The van der Waals surface area contributed by atoms with Crippen molar-refractivity contribution >= 4 is 28.9 Å². The fraction of sp³-hybridized carbons (Fsp3) is 0.667. The zero-order valence-electron chi connectivity index (χ0n) is 9.50. The van der Waals surface area contributed by atoms with E-state index in [0.29, 0.717) is 0 Å². The van der Waals surface area contributed by atoms with Crippen molar-refractivity contribution in [3.63, 3.8) is 0 Å². The molecule has 0 aromatic rings. The molecule has 0 aliphatic carbocycles. The van der Waals surface area contributed by atoms with Crippen LogP contribution in [0.1, 0.15) is 52.4 Å². The SMILES string of the molecule is CCCCC#C[Si](Cl)(Cl)C#CCCCC. The lowest BCUT2D eigenvalue weighted by Gasteiger charge is -1.97. The monoisotopic (exact) mass is 260 g/mol. The Morgan fingerprint density at radius 2 is 1.27 bits per heavy atom. The summed E-state index contributed by atoms with van der Waals surface area (Å²) in [5, 5.41) is 0. The van der Waals surface area contributed by atoms with Crippen molar-refractivity contribution in [1.29, 1.82) is 0 Å². The molecule has 0 nitrogen and oxygen atoms in total. The first-order valence-corrected chi connectivity index (χ1v) is 9.52. The normalized spacial score (nSPS) is 9.87. The second kappa shape index (κ2) is 9.17. The minimum absolute atomic E-state index is 0.876. The molecule has 0 heterocycles. The van der Waals surface area contributed by atoms with Crippen LogP contribution >= 0.6 is 22.2 Å². The summed E-state index contributed by atoms with van der Waals surface area (Å²) in [7, 11) is 0. The van der Waals surface area contributed by atoms with E-state index in [2.05, 4.69) is 36.8 Å². The van der Waals surface area contributed by atoms with Crippen LogP contribution in [-0.4, -0.2) is 6.69 Å². The first-order chi connectivity index (χ1) is 7.12. The van der Waals surface area contributed by atoms with Crippen LogP contribution in [0.5, 0.6) is 0 Å². The fourth-order valence-electron chi connectivity index (χ4n) is 0.909. The lowest BCUT2D eigenvalue weighted by Crippen LogP contribution is -2.13. The summed E-state index contributed by atoms with van der Waals surface area (Å²) in [6.45, 7) is 1.69. The maximum absolute atomic E-state index is 6.05. The molecule has 0 unspecified atom stereocenters. The molecule has 0 fully saturated rings. The van der Waals surface area contributed by atoms with Gasteiger partial charge in [-0.15, -0.1) is 34.0 Å². The lowest BCUT2D eigenvalue weighted by molar-refractivity contribution is 0.828. The van der Waals surface area contributed by atoms with E-state index in [0.717, 1.165) is 38.5 Å². The van der Waals surface area contributed by atoms with Gasteiger partial charge in [0.2, 0.25) is 0 Å². The molecule has 0 aromatic heterocycles. The Balaban J connectivity index is 4.01. The van der Waals surface area contributed by atoms with Gasteiger partial charge in [-0.1, -0.05) is 37.8 Å². The zero-order valence-corrected chi connectivity index (χ0v) is 12.0. The van der Waals surface area contributed by atoms with Gasteiger partial charge in [0, 0.05) is 12.8 Å². The average Bonchev–Trinajstić information content (AvgIpc) is 2.20. The molecule has 3 heteroatoms. The van der Waals surface area contributed by atoms with E-state index in [4.69, 9.17) is 22.2 Å². The fourth-order valence-corrected chi connectivity index (χ4v) is 2.47. The van der Waals surface area contributed by atoms with Gasteiger partial charge in [0.25, 0.3) is 0 Å². The number of halogens is 2. The van der Waals surface area contributed by atoms with Crippen LogP contribution < -0.4 is 0 Å². The van der Waals surface area contributed by atoms with Gasteiger partial charge >= 0.3 is 6.69 Å². The minimum Gasteiger partial charge on any atom is -0.116 e. The third-order valence-electron chi connectivity index (χ3n) is 1.80. The molecular formula is C12H18Cl2Si. The van der Waals surface area contributed by atoms with E-state index in [1.54, 1.807) is 0 Å². The van der Waals surface area contributed by atoms with Crippen LogP contribution in [0, 0.1) is 22.9 Å². The summed E-state index contributed by atoms with van der Waals surface area (Å²) in [6.07, 6.45) is 6.26. The van der Waals surface area contributed by atoms with Crippen LogP contribution in [0.2, 0.25) is 0 Å². The first-order valence-electron chi connectivity index (χ1n) is 5.50. The highest BCUT2D eigenvalue weighted by Gasteiger charge is 2.22. The second-order valence-electron chi connectivity index (χ2n) is 3.39. The van der Waals surface area contributed by atoms with Gasteiger partial charge in [-0.25, -0.2) is 0 Å². The summed E-state index contributed by atoms with van der Waals surface area (Å²) in [5.41, 5.74) is 5.83. The summed E-state index contributed by atoms with van der Waals surface area (Å²) in [5.74, 6) is 6.03. The highest BCUT2D eigenvalue weighted by atomic mass is 35.7. The van der Waals surface area contributed by atoms with Crippen LogP contribution in [0.4, 0.5) is 0 Å². The van der Waals surface area contributed by atoms with Crippen molar-refractivity contribution in [2.75, 3.05) is 0 Å². The second-order valence-corrected chi connectivity index (χ2v) is 9.02. The van der Waals surface area contributed by atoms with Crippen LogP contribution in [0.3, 0.4) is 0 Å². The molecule has 0 amide bonds. The lowest BCUT2D eigenvalue weighted by atomic mass is 10.3. The molecule has 0 aliphatic heterocycles. The maximum atomic E-state index is 6.05. The first kappa shape index (κ1) is 14.9. The Kier molecular flexibility index (Phi) is 9.11. The summed E-state index contributed by atoms with van der Waals surface area (Å²) in [6, 6.07) is 0. The van der Waals surface area contributed by atoms with E-state index in [-0.39, 0.29) is 0 Å². The third-order valence-corrected chi connectivity index (χ3v) is 3.92. The molecule has 0 aliphatic rings. The van der Waals surface area contributed by atoms with E-state index in [1.165, 1.54) is 0 Å². The Bertz CT molecular complexity index is 247. The van der Waals surface area contributed by atoms with Crippen molar-refractivity contribution in [3.05, 3.63) is 0 Å². The van der Waals surface area contributed by atoms with E-state index < -0.39 is 6.69 Å². The van der Waals surface area contributed by atoms with E-state index in [1.807, 2.05) is 0 Å². The van der Waals surface area contributed by atoms with Gasteiger partial charge in [-0.2, -0.15) is 0 Å². The smallest absolute Gasteiger partial charge is 0.116 e. The molecule has 0 N–H and O–H groups in total. The molecule has 0 spiro atoms. The molecule has 84 valence electrons. The number of hydrogen-bond donors (Lipinski definition) is 0. The summed E-state index contributed by atoms with van der Waals surface area (Å²) >= 11 is 12.1. The topological polar surface area (TPSA) is 0 Å².